The Hall–Kier alpha value is -1.21. The van der Waals surface area contributed by atoms with Crippen LogP contribution >= 0.6 is 23.4 Å². The van der Waals surface area contributed by atoms with Crippen molar-refractivity contribution in [3.8, 4) is 5.75 Å². The van der Waals surface area contributed by atoms with E-state index in [2.05, 4.69) is 0 Å². The first kappa shape index (κ1) is 16.2. The smallest absolute Gasteiger partial charge is 0.238 e. The Balaban J connectivity index is 1.83. The van der Waals surface area contributed by atoms with E-state index in [1.54, 1.807) is 23.9 Å². The molecule has 21 heavy (non-hydrogen) atoms. The lowest BCUT2D eigenvalue weighted by molar-refractivity contribution is 0.343. The molecule has 2 rings (SSSR count). The summed E-state index contributed by atoms with van der Waals surface area (Å²) in [5, 5.41) is 5.74. The Morgan fingerprint density at radius 3 is 2.38 bits per heavy atom. The standard InChI is InChI=1S/C14H14ClNO3S2/c15-13-3-1-2-4-14(13)20-10-9-19-11-5-7-12(8-6-11)21(16,17)18/h1-8H,9-10H2,(H2,16,17,18). The zero-order valence-electron chi connectivity index (χ0n) is 11.0. The fourth-order valence-corrected chi connectivity index (χ4v) is 3.18. The lowest BCUT2D eigenvalue weighted by Crippen LogP contribution is -2.11. The average molecular weight is 344 g/mol. The molecule has 0 aliphatic carbocycles. The number of nitrogens with two attached hydrogens (primary N) is 1. The van der Waals surface area contributed by atoms with Gasteiger partial charge in [-0.2, -0.15) is 0 Å². The molecule has 2 aromatic rings. The maximum atomic E-state index is 11.1. The summed E-state index contributed by atoms with van der Waals surface area (Å²) in [6.07, 6.45) is 0. The maximum Gasteiger partial charge on any atom is 0.238 e. The highest BCUT2D eigenvalue weighted by molar-refractivity contribution is 7.99. The fourth-order valence-electron chi connectivity index (χ4n) is 1.60. The molecular weight excluding hydrogens is 330 g/mol. The predicted octanol–water partition coefficient (Wildman–Crippen LogP) is 3.16. The Bertz CT molecular complexity index is 702. The summed E-state index contributed by atoms with van der Waals surface area (Å²) >= 11 is 7.65. The molecule has 2 aromatic carbocycles. The molecule has 0 aliphatic rings. The molecule has 0 bridgehead atoms. The van der Waals surface area contributed by atoms with Gasteiger partial charge in [0.1, 0.15) is 5.75 Å². The number of primary sulfonamides is 1. The van der Waals surface area contributed by atoms with Crippen molar-refractivity contribution >= 4 is 33.4 Å². The van der Waals surface area contributed by atoms with E-state index >= 15 is 0 Å². The molecule has 0 radical (unpaired) electrons. The molecule has 112 valence electrons. The van der Waals surface area contributed by atoms with Gasteiger partial charge in [-0.3, -0.25) is 0 Å². The molecule has 0 aliphatic heterocycles. The minimum Gasteiger partial charge on any atom is -0.493 e. The van der Waals surface area contributed by atoms with Crippen LogP contribution in [0.5, 0.6) is 5.75 Å². The SMILES string of the molecule is NS(=O)(=O)c1ccc(OCCSc2ccccc2Cl)cc1. The quantitative estimate of drug-likeness (QED) is 0.646. The molecule has 0 fully saturated rings. The van der Waals surface area contributed by atoms with Crippen molar-refractivity contribution < 1.29 is 13.2 Å². The van der Waals surface area contributed by atoms with E-state index in [0.717, 1.165) is 15.7 Å². The highest BCUT2D eigenvalue weighted by Crippen LogP contribution is 2.26. The lowest BCUT2D eigenvalue weighted by atomic mass is 10.3. The van der Waals surface area contributed by atoms with Crippen molar-refractivity contribution in [2.24, 2.45) is 5.14 Å². The second kappa shape index (κ2) is 7.17. The molecular formula is C14H14ClNO3S2. The van der Waals surface area contributed by atoms with Crippen molar-refractivity contribution in [1.82, 2.24) is 0 Å². The second-order valence-electron chi connectivity index (χ2n) is 4.14. The predicted molar refractivity (Wildman–Crippen MR) is 85.5 cm³/mol. The molecule has 4 nitrogen and oxygen atoms in total. The van der Waals surface area contributed by atoms with E-state index in [0.29, 0.717) is 12.4 Å². The third-order valence-electron chi connectivity index (χ3n) is 2.60. The number of hydrogen-bond donors (Lipinski definition) is 1. The molecule has 0 amide bonds. The minimum atomic E-state index is -3.66. The Kier molecular flexibility index (Phi) is 5.52. The first-order valence-corrected chi connectivity index (χ1v) is 9.01. The molecule has 0 spiro atoms. The van der Waals surface area contributed by atoms with Crippen LogP contribution in [-0.4, -0.2) is 20.8 Å². The van der Waals surface area contributed by atoms with Crippen LogP contribution in [0.2, 0.25) is 5.02 Å². The van der Waals surface area contributed by atoms with Gasteiger partial charge < -0.3 is 4.74 Å². The van der Waals surface area contributed by atoms with Gasteiger partial charge in [-0.1, -0.05) is 23.7 Å². The normalized spacial score (nSPS) is 11.3. The highest BCUT2D eigenvalue weighted by Gasteiger charge is 2.07. The van der Waals surface area contributed by atoms with E-state index in [4.69, 9.17) is 21.5 Å². The number of thioether (sulfide) groups is 1. The summed E-state index contributed by atoms with van der Waals surface area (Å²) in [5.41, 5.74) is 0. The summed E-state index contributed by atoms with van der Waals surface area (Å²) in [6, 6.07) is 13.6. The summed E-state index contributed by atoms with van der Waals surface area (Å²) < 4.78 is 27.8. The van der Waals surface area contributed by atoms with Crippen molar-refractivity contribution in [2.75, 3.05) is 12.4 Å². The largest absolute Gasteiger partial charge is 0.493 e. The average Bonchev–Trinajstić information content (AvgIpc) is 2.45. The van der Waals surface area contributed by atoms with E-state index in [9.17, 15) is 8.42 Å². The minimum absolute atomic E-state index is 0.0697. The van der Waals surface area contributed by atoms with Gasteiger partial charge in [0.25, 0.3) is 0 Å². The molecule has 7 heteroatoms. The van der Waals surface area contributed by atoms with Crippen LogP contribution in [0, 0.1) is 0 Å². The number of hydrogen-bond acceptors (Lipinski definition) is 4. The Morgan fingerprint density at radius 1 is 1.10 bits per heavy atom. The number of rotatable bonds is 6. The van der Waals surface area contributed by atoms with Gasteiger partial charge in [-0.15, -0.1) is 11.8 Å². The molecule has 0 atom stereocenters. The first-order chi connectivity index (χ1) is 9.97. The summed E-state index contributed by atoms with van der Waals surface area (Å²) in [4.78, 5) is 1.08. The van der Waals surface area contributed by atoms with Gasteiger partial charge in [-0.05, 0) is 36.4 Å². The fraction of sp³-hybridized carbons (Fsp3) is 0.143. The third-order valence-corrected chi connectivity index (χ3v) is 5.01. The van der Waals surface area contributed by atoms with Gasteiger partial charge in [0.2, 0.25) is 10.0 Å². The van der Waals surface area contributed by atoms with Crippen molar-refractivity contribution in [3.05, 3.63) is 53.6 Å². The Labute approximate surface area is 133 Å². The third kappa shape index (κ3) is 4.93. The van der Waals surface area contributed by atoms with Crippen molar-refractivity contribution in [1.29, 1.82) is 0 Å². The van der Waals surface area contributed by atoms with E-state index in [1.165, 1.54) is 12.1 Å². The number of halogens is 1. The molecule has 0 aromatic heterocycles. The first-order valence-electron chi connectivity index (χ1n) is 6.10. The van der Waals surface area contributed by atoms with Crippen LogP contribution in [0.15, 0.2) is 58.3 Å². The monoisotopic (exact) mass is 343 g/mol. The van der Waals surface area contributed by atoms with Crippen LogP contribution in [0.4, 0.5) is 0 Å². The number of sulfonamides is 1. The molecule has 0 saturated carbocycles. The van der Waals surface area contributed by atoms with Crippen LogP contribution in [-0.2, 0) is 10.0 Å². The summed E-state index contributed by atoms with van der Waals surface area (Å²) in [5.74, 6) is 1.34. The Morgan fingerprint density at radius 2 is 1.76 bits per heavy atom. The van der Waals surface area contributed by atoms with Gasteiger partial charge in [0, 0.05) is 10.6 Å². The van der Waals surface area contributed by atoms with Crippen molar-refractivity contribution in [2.45, 2.75) is 9.79 Å². The zero-order chi connectivity index (χ0) is 15.3. The summed E-state index contributed by atoms with van der Waals surface area (Å²) in [7, 11) is -3.66. The zero-order valence-corrected chi connectivity index (χ0v) is 13.4. The molecule has 0 saturated heterocycles. The van der Waals surface area contributed by atoms with Gasteiger partial charge in [-0.25, -0.2) is 13.6 Å². The van der Waals surface area contributed by atoms with Crippen LogP contribution in [0.3, 0.4) is 0 Å². The van der Waals surface area contributed by atoms with Crippen molar-refractivity contribution in [3.63, 3.8) is 0 Å². The van der Waals surface area contributed by atoms with Gasteiger partial charge in [0.15, 0.2) is 0 Å². The number of benzene rings is 2. The maximum absolute atomic E-state index is 11.1. The van der Waals surface area contributed by atoms with E-state index in [1.807, 2.05) is 24.3 Å². The second-order valence-corrected chi connectivity index (χ2v) is 7.25. The summed E-state index contributed by atoms with van der Waals surface area (Å²) in [6.45, 7) is 0.491. The van der Waals surface area contributed by atoms with Crippen LogP contribution in [0.25, 0.3) is 0 Å². The molecule has 0 unspecified atom stereocenters. The van der Waals surface area contributed by atoms with Gasteiger partial charge in [0.05, 0.1) is 16.5 Å². The topological polar surface area (TPSA) is 69.4 Å². The van der Waals surface area contributed by atoms with E-state index < -0.39 is 10.0 Å². The highest BCUT2D eigenvalue weighted by atomic mass is 35.5. The number of ether oxygens (including phenoxy) is 1. The van der Waals surface area contributed by atoms with Crippen LogP contribution in [0.1, 0.15) is 0 Å². The van der Waals surface area contributed by atoms with Gasteiger partial charge >= 0.3 is 0 Å². The van der Waals surface area contributed by atoms with E-state index in [-0.39, 0.29) is 4.90 Å². The molecule has 0 heterocycles. The lowest BCUT2D eigenvalue weighted by Gasteiger charge is -2.07. The molecule has 2 N–H and O–H groups in total. The van der Waals surface area contributed by atoms with Crippen LogP contribution < -0.4 is 9.88 Å².